The van der Waals surface area contributed by atoms with Gasteiger partial charge >= 0.3 is 0 Å². The molecule has 1 heterocycles. The summed E-state index contributed by atoms with van der Waals surface area (Å²) in [6.45, 7) is 1.63. The number of rotatable bonds is 8. The fourth-order valence-electron chi connectivity index (χ4n) is 2.53. The minimum Gasteiger partial charge on any atom is -0.375 e. The summed E-state index contributed by atoms with van der Waals surface area (Å²) in [4.78, 5) is 14.2. The van der Waals surface area contributed by atoms with Crippen LogP contribution < -0.4 is 10.2 Å². The molecule has 0 aliphatic heterocycles. The van der Waals surface area contributed by atoms with Gasteiger partial charge in [-0.2, -0.15) is 0 Å². The lowest BCUT2D eigenvalue weighted by Gasteiger charge is -2.18. The number of para-hydroxylation sites is 1. The SMILES string of the molecule is CN(CCCCNC(=O)c1cc(C2CC2)on1)c1ccccc1. The lowest BCUT2D eigenvalue weighted by molar-refractivity contribution is 0.0944. The fraction of sp³-hybridized carbons (Fsp3) is 0.444. The Morgan fingerprint density at radius 1 is 1.30 bits per heavy atom. The zero-order valence-electron chi connectivity index (χ0n) is 13.5. The van der Waals surface area contributed by atoms with E-state index in [9.17, 15) is 4.79 Å². The Morgan fingerprint density at radius 3 is 2.83 bits per heavy atom. The van der Waals surface area contributed by atoms with Gasteiger partial charge in [0.25, 0.3) is 5.91 Å². The number of carbonyl (C=O) groups is 1. The Morgan fingerprint density at radius 2 is 2.09 bits per heavy atom. The van der Waals surface area contributed by atoms with Gasteiger partial charge in [0.15, 0.2) is 5.69 Å². The van der Waals surface area contributed by atoms with E-state index in [0.29, 0.717) is 18.2 Å². The summed E-state index contributed by atoms with van der Waals surface area (Å²) in [6, 6.07) is 12.1. The molecule has 1 aliphatic rings. The molecule has 1 aromatic heterocycles. The molecule has 0 saturated heterocycles. The first-order chi connectivity index (χ1) is 11.2. The van der Waals surface area contributed by atoms with Crippen LogP contribution in [0.25, 0.3) is 0 Å². The molecule has 0 bridgehead atoms. The zero-order valence-corrected chi connectivity index (χ0v) is 13.5. The third-order valence-corrected chi connectivity index (χ3v) is 4.14. The molecule has 5 nitrogen and oxygen atoms in total. The van der Waals surface area contributed by atoms with Crippen molar-refractivity contribution in [2.45, 2.75) is 31.6 Å². The normalized spacial score (nSPS) is 13.8. The van der Waals surface area contributed by atoms with E-state index in [-0.39, 0.29) is 5.91 Å². The van der Waals surface area contributed by atoms with Gasteiger partial charge in [-0.25, -0.2) is 0 Å². The van der Waals surface area contributed by atoms with E-state index >= 15 is 0 Å². The highest BCUT2D eigenvalue weighted by atomic mass is 16.5. The monoisotopic (exact) mass is 313 g/mol. The van der Waals surface area contributed by atoms with Crippen molar-refractivity contribution in [3.63, 3.8) is 0 Å². The highest BCUT2D eigenvalue weighted by molar-refractivity contribution is 5.92. The number of nitrogens with one attached hydrogen (secondary N) is 1. The molecule has 1 amide bonds. The van der Waals surface area contributed by atoms with Gasteiger partial charge in [-0.15, -0.1) is 0 Å². The molecule has 0 atom stereocenters. The number of anilines is 1. The van der Waals surface area contributed by atoms with E-state index in [1.54, 1.807) is 6.07 Å². The van der Waals surface area contributed by atoms with Crippen molar-refractivity contribution in [3.05, 3.63) is 47.9 Å². The Balaban J connectivity index is 1.33. The summed E-state index contributed by atoms with van der Waals surface area (Å²) in [5.74, 6) is 1.19. The van der Waals surface area contributed by atoms with Crippen LogP contribution in [0.2, 0.25) is 0 Å². The number of nitrogens with zero attached hydrogens (tertiary/aromatic N) is 2. The molecule has 23 heavy (non-hydrogen) atoms. The first-order valence-electron chi connectivity index (χ1n) is 8.25. The summed E-state index contributed by atoms with van der Waals surface area (Å²) < 4.78 is 5.20. The highest BCUT2D eigenvalue weighted by Gasteiger charge is 2.28. The number of amides is 1. The largest absolute Gasteiger partial charge is 0.375 e. The number of hydrogen-bond acceptors (Lipinski definition) is 4. The molecule has 0 spiro atoms. The van der Waals surface area contributed by atoms with Crippen molar-refractivity contribution >= 4 is 11.6 Å². The summed E-state index contributed by atoms with van der Waals surface area (Å²) in [5.41, 5.74) is 1.61. The number of benzene rings is 1. The second-order valence-electron chi connectivity index (χ2n) is 6.11. The van der Waals surface area contributed by atoms with E-state index in [2.05, 4.69) is 34.6 Å². The van der Waals surface area contributed by atoms with Crippen molar-refractivity contribution in [2.24, 2.45) is 0 Å². The second-order valence-corrected chi connectivity index (χ2v) is 6.11. The summed E-state index contributed by atoms with van der Waals surface area (Å²) in [7, 11) is 2.09. The molecule has 5 heteroatoms. The van der Waals surface area contributed by atoms with E-state index in [1.165, 1.54) is 5.69 Å². The standard InChI is InChI=1S/C18H23N3O2/c1-21(15-7-3-2-4-8-15)12-6-5-11-19-18(22)16-13-17(23-20-16)14-9-10-14/h2-4,7-8,13-14H,5-6,9-12H2,1H3,(H,19,22). The van der Waals surface area contributed by atoms with Crippen LogP contribution in [0.3, 0.4) is 0 Å². The van der Waals surface area contributed by atoms with E-state index < -0.39 is 0 Å². The van der Waals surface area contributed by atoms with Crippen molar-refractivity contribution in [2.75, 3.05) is 25.0 Å². The van der Waals surface area contributed by atoms with Crippen molar-refractivity contribution in [1.29, 1.82) is 0 Å². The highest BCUT2D eigenvalue weighted by Crippen LogP contribution is 2.40. The molecular weight excluding hydrogens is 290 g/mol. The van der Waals surface area contributed by atoms with E-state index in [1.807, 2.05) is 18.2 Å². The minimum absolute atomic E-state index is 0.142. The average molecular weight is 313 g/mol. The number of hydrogen-bond donors (Lipinski definition) is 1. The summed E-state index contributed by atoms with van der Waals surface area (Å²) in [6.07, 6.45) is 4.25. The predicted molar refractivity (Wildman–Crippen MR) is 89.8 cm³/mol. The maximum Gasteiger partial charge on any atom is 0.273 e. The smallest absolute Gasteiger partial charge is 0.273 e. The van der Waals surface area contributed by atoms with Gasteiger partial charge in [-0.3, -0.25) is 4.79 Å². The molecule has 1 aliphatic carbocycles. The molecule has 0 unspecified atom stereocenters. The van der Waals surface area contributed by atoms with Gasteiger partial charge in [0.1, 0.15) is 5.76 Å². The van der Waals surface area contributed by atoms with Gasteiger partial charge in [0, 0.05) is 37.8 Å². The van der Waals surface area contributed by atoms with Crippen molar-refractivity contribution in [1.82, 2.24) is 10.5 Å². The number of aromatic nitrogens is 1. The Labute approximate surface area is 136 Å². The third kappa shape index (κ3) is 4.34. The van der Waals surface area contributed by atoms with Crippen LogP contribution in [0.1, 0.15) is 47.8 Å². The summed E-state index contributed by atoms with van der Waals surface area (Å²) >= 11 is 0. The summed E-state index contributed by atoms with van der Waals surface area (Å²) in [5, 5.41) is 6.75. The first-order valence-corrected chi connectivity index (χ1v) is 8.25. The van der Waals surface area contributed by atoms with Gasteiger partial charge in [0.05, 0.1) is 0 Å². The molecule has 1 N–H and O–H groups in total. The van der Waals surface area contributed by atoms with Crippen molar-refractivity contribution in [3.8, 4) is 0 Å². The van der Waals surface area contributed by atoms with Gasteiger partial charge in [0.2, 0.25) is 0 Å². The van der Waals surface area contributed by atoms with Crippen LogP contribution in [-0.2, 0) is 0 Å². The molecule has 122 valence electrons. The van der Waals surface area contributed by atoms with Crippen LogP contribution in [0.5, 0.6) is 0 Å². The Bertz CT molecular complexity index is 635. The fourth-order valence-corrected chi connectivity index (χ4v) is 2.53. The van der Waals surface area contributed by atoms with Crippen LogP contribution in [0, 0.1) is 0 Å². The minimum atomic E-state index is -0.142. The molecule has 1 saturated carbocycles. The molecule has 1 fully saturated rings. The average Bonchev–Trinajstić information content (AvgIpc) is 3.32. The second kappa shape index (κ2) is 7.31. The Hall–Kier alpha value is -2.30. The first kappa shape index (κ1) is 15.6. The molecule has 3 rings (SSSR count). The molecular formula is C18H23N3O2. The lowest BCUT2D eigenvalue weighted by Crippen LogP contribution is -2.26. The van der Waals surface area contributed by atoms with Crippen LogP contribution in [-0.4, -0.2) is 31.2 Å². The van der Waals surface area contributed by atoms with Gasteiger partial charge in [-0.1, -0.05) is 23.4 Å². The van der Waals surface area contributed by atoms with E-state index in [0.717, 1.165) is 38.0 Å². The maximum absolute atomic E-state index is 12.0. The van der Waals surface area contributed by atoms with Crippen LogP contribution >= 0.6 is 0 Å². The lowest BCUT2D eigenvalue weighted by atomic mass is 10.2. The zero-order chi connectivity index (χ0) is 16.1. The maximum atomic E-state index is 12.0. The van der Waals surface area contributed by atoms with Crippen molar-refractivity contribution < 1.29 is 9.32 Å². The number of unbranched alkanes of at least 4 members (excludes halogenated alkanes) is 1. The third-order valence-electron chi connectivity index (χ3n) is 4.14. The van der Waals surface area contributed by atoms with Crippen LogP contribution in [0.15, 0.2) is 40.9 Å². The Kier molecular flexibility index (Phi) is 4.95. The van der Waals surface area contributed by atoms with Gasteiger partial charge < -0.3 is 14.7 Å². The molecule has 2 aromatic rings. The predicted octanol–water partition coefficient (Wildman–Crippen LogP) is 3.20. The van der Waals surface area contributed by atoms with Crippen LogP contribution in [0.4, 0.5) is 5.69 Å². The quantitative estimate of drug-likeness (QED) is 0.760. The van der Waals surface area contributed by atoms with E-state index in [4.69, 9.17) is 4.52 Å². The van der Waals surface area contributed by atoms with Gasteiger partial charge in [-0.05, 0) is 37.8 Å². The topological polar surface area (TPSA) is 58.4 Å². The molecule has 0 radical (unpaired) electrons. The number of carbonyl (C=O) groups excluding carboxylic acids is 1. The molecule has 1 aromatic carbocycles.